The van der Waals surface area contributed by atoms with Crippen molar-refractivity contribution in [3.05, 3.63) is 35.4 Å². The molecule has 2 rings (SSSR count). The summed E-state index contributed by atoms with van der Waals surface area (Å²) in [4.78, 5) is 0. The zero-order chi connectivity index (χ0) is 12.5. The van der Waals surface area contributed by atoms with Crippen LogP contribution in [0.15, 0.2) is 24.3 Å². The van der Waals surface area contributed by atoms with E-state index in [2.05, 4.69) is 0 Å². The van der Waals surface area contributed by atoms with Gasteiger partial charge in [-0.05, 0) is 18.1 Å². The molecule has 1 aromatic carbocycles. The second kappa shape index (κ2) is 5.00. The van der Waals surface area contributed by atoms with Crippen molar-refractivity contribution in [3.63, 3.8) is 0 Å². The van der Waals surface area contributed by atoms with Crippen LogP contribution in [0, 0.1) is 6.92 Å². The van der Waals surface area contributed by atoms with Crippen LogP contribution in [-0.2, 0) is 15.6 Å². The largest absolute Gasteiger partial charge is 0.391 e. The van der Waals surface area contributed by atoms with Gasteiger partial charge in [0, 0.05) is 11.0 Å². The Balaban J connectivity index is 1.98. The number of aryl methyl sites for hydroxylation is 1. The van der Waals surface area contributed by atoms with Crippen LogP contribution < -0.4 is 0 Å². The van der Waals surface area contributed by atoms with E-state index in [9.17, 15) is 13.5 Å². The Labute approximate surface area is 106 Å². The van der Waals surface area contributed by atoms with Crippen LogP contribution in [0.2, 0.25) is 0 Å². The van der Waals surface area contributed by atoms with E-state index in [1.165, 1.54) is 22.9 Å². The number of thioether (sulfide) groups is 1. The maximum atomic E-state index is 11.4. The normalized spacial score (nSPS) is 27.2. The van der Waals surface area contributed by atoms with Crippen LogP contribution in [0.5, 0.6) is 0 Å². The zero-order valence-electron chi connectivity index (χ0n) is 9.67. The summed E-state index contributed by atoms with van der Waals surface area (Å²) in [5, 5.41) is 9.49. The van der Waals surface area contributed by atoms with Crippen LogP contribution in [0.3, 0.4) is 0 Å². The number of rotatable bonds is 3. The SMILES string of the molecule is Cc1ccccc1CSC1CS(=O)(=O)CC1O. The molecule has 0 saturated carbocycles. The predicted octanol–water partition coefficient (Wildman–Crippen LogP) is 1.39. The van der Waals surface area contributed by atoms with Crippen LogP contribution in [0.1, 0.15) is 11.1 Å². The van der Waals surface area contributed by atoms with E-state index in [0.29, 0.717) is 0 Å². The molecule has 1 N–H and O–H groups in total. The predicted molar refractivity (Wildman–Crippen MR) is 70.9 cm³/mol. The third kappa shape index (κ3) is 3.24. The number of aliphatic hydroxyl groups is 1. The van der Waals surface area contributed by atoms with Gasteiger partial charge < -0.3 is 5.11 Å². The number of benzene rings is 1. The molecule has 0 bridgehead atoms. The Hall–Kier alpha value is -0.520. The van der Waals surface area contributed by atoms with Gasteiger partial charge in [-0.25, -0.2) is 8.42 Å². The van der Waals surface area contributed by atoms with Crippen molar-refractivity contribution in [1.82, 2.24) is 0 Å². The molecule has 0 amide bonds. The van der Waals surface area contributed by atoms with Crippen LogP contribution in [-0.4, -0.2) is 36.4 Å². The Morgan fingerprint density at radius 3 is 2.65 bits per heavy atom. The van der Waals surface area contributed by atoms with Crippen molar-refractivity contribution in [2.45, 2.75) is 24.0 Å². The fourth-order valence-electron chi connectivity index (χ4n) is 1.92. The summed E-state index contributed by atoms with van der Waals surface area (Å²) in [7, 11) is -3.03. The minimum atomic E-state index is -3.03. The molecule has 0 aliphatic carbocycles. The lowest BCUT2D eigenvalue weighted by atomic mass is 10.1. The van der Waals surface area contributed by atoms with Gasteiger partial charge in [-0.3, -0.25) is 0 Å². The Morgan fingerprint density at radius 1 is 1.35 bits per heavy atom. The summed E-state index contributed by atoms with van der Waals surface area (Å²) in [6.07, 6.45) is -0.714. The molecule has 1 aliphatic rings. The molecule has 0 spiro atoms. The Morgan fingerprint density at radius 2 is 2.06 bits per heavy atom. The molecule has 1 aromatic rings. The molecule has 0 aromatic heterocycles. The van der Waals surface area contributed by atoms with Crippen molar-refractivity contribution in [3.8, 4) is 0 Å². The number of hydrogen-bond donors (Lipinski definition) is 1. The highest BCUT2D eigenvalue weighted by atomic mass is 32.2. The lowest BCUT2D eigenvalue weighted by Gasteiger charge is -2.13. The highest BCUT2D eigenvalue weighted by Gasteiger charge is 2.36. The standard InChI is InChI=1S/C12H16O3S2/c1-9-4-2-3-5-10(9)6-16-12-8-17(14,15)7-11(12)13/h2-5,11-13H,6-8H2,1H3. The van der Waals surface area contributed by atoms with Gasteiger partial charge in [0.05, 0.1) is 17.6 Å². The maximum Gasteiger partial charge on any atom is 0.154 e. The third-order valence-corrected chi connectivity index (χ3v) is 6.30. The zero-order valence-corrected chi connectivity index (χ0v) is 11.3. The van der Waals surface area contributed by atoms with Crippen LogP contribution in [0.4, 0.5) is 0 Å². The fourth-order valence-corrected chi connectivity index (χ4v) is 5.70. The van der Waals surface area contributed by atoms with Gasteiger partial charge in [0.2, 0.25) is 0 Å². The average molecular weight is 272 g/mol. The first-order valence-electron chi connectivity index (χ1n) is 5.52. The quantitative estimate of drug-likeness (QED) is 0.903. The molecule has 94 valence electrons. The molecule has 1 aliphatic heterocycles. The van der Waals surface area contributed by atoms with Crippen molar-refractivity contribution < 1.29 is 13.5 Å². The summed E-state index contributed by atoms with van der Waals surface area (Å²) < 4.78 is 22.7. The molecule has 17 heavy (non-hydrogen) atoms. The van der Waals surface area contributed by atoms with Gasteiger partial charge in [-0.1, -0.05) is 24.3 Å². The van der Waals surface area contributed by atoms with Crippen molar-refractivity contribution in [1.29, 1.82) is 0 Å². The van der Waals surface area contributed by atoms with E-state index in [1.54, 1.807) is 0 Å². The number of hydrogen-bond acceptors (Lipinski definition) is 4. The molecular weight excluding hydrogens is 256 g/mol. The fraction of sp³-hybridized carbons (Fsp3) is 0.500. The van der Waals surface area contributed by atoms with Crippen LogP contribution in [0.25, 0.3) is 0 Å². The van der Waals surface area contributed by atoms with E-state index in [4.69, 9.17) is 0 Å². The van der Waals surface area contributed by atoms with Gasteiger partial charge in [-0.15, -0.1) is 11.8 Å². The van der Waals surface area contributed by atoms with E-state index >= 15 is 0 Å². The molecule has 2 atom stereocenters. The maximum absolute atomic E-state index is 11.4. The summed E-state index contributed by atoms with van der Waals surface area (Å²) >= 11 is 1.53. The summed E-state index contributed by atoms with van der Waals surface area (Å²) in [6, 6.07) is 8.04. The van der Waals surface area contributed by atoms with Crippen molar-refractivity contribution in [2.24, 2.45) is 0 Å². The molecule has 1 heterocycles. The third-order valence-electron chi connectivity index (χ3n) is 2.99. The van der Waals surface area contributed by atoms with Gasteiger partial charge in [0.25, 0.3) is 0 Å². The van der Waals surface area contributed by atoms with Gasteiger partial charge in [-0.2, -0.15) is 0 Å². The number of aliphatic hydroxyl groups excluding tert-OH is 1. The summed E-state index contributed by atoms with van der Waals surface area (Å²) in [5.74, 6) is 0.771. The molecule has 3 nitrogen and oxygen atoms in total. The number of sulfone groups is 1. The highest BCUT2D eigenvalue weighted by Crippen LogP contribution is 2.28. The molecule has 1 fully saturated rings. The summed E-state index contributed by atoms with van der Waals surface area (Å²) in [5.41, 5.74) is 2.41. The van der Waals surface area contributed by atoms with Crippen LogP contribution >= 0.6 is 11.8 Å². The van der Waals surface area contributed by atoms with Gasteiger partial charge in [0.1, 0.15) is 0 Å². The molecule has 5 heteroatoms. The lowest BCUT2D eigenvalue weighted by Crippen LogP contribution is -2.20. The van der Waals surface area contributed by atoms with E-state index in [1.807, 2.05) is 31.2 Å². The van der Waals surface area contributed by atoms with Crippen molar-refractivity contribution >= 4 is 21.6 Å². The lowest BCUT2D eigenvalue weighted by molar-refractivity contribution is 0.207. The second-order valence-electron chi connectivity index (χ2n) is 4.42. The summed E-state index contributed by atoms with van der Waals surface area (Å²) in [6.45, 7) is 2.04. The average Bonchev–Trinajstić information content (AvgIpc) is 2.51. The van der Waals surface area contributed by atoms with Crippen molar-refractivity contribution in [2.75, 3.05) is 11.5 Å². The first-order valence-corrected chi connectivity index (χ1v) is 8.39. The molecule has 1 saturated heterocycles. The minimum Gasteiger partial charge on any atom is -0.391 e. The Bertz CT molecular complexity index is 496. The van der Waals surface area contributed by atoms with Gasteiger partial charge >= 0.3 is 0 Å². The first-order chi connectivity index (χ1) is 7.98. The van der Waals surface area contributed by atoms with E-state index in [-0.39, 0.29) is 16.8 Å². The molecular formula is C12H16O3S2. The first kappa shape index (κ1) is 12.9. The van der Waals surface area contributed by atoms with E-state index in [0.717, 1.165) is 5.75 Å². The van der Waals surface area contributed by atoms with E-state index < -0.39 is 15.9 Å². The smallest absolute Gasteiger partial charge is 0.154 e. The van der Waals surface area contributed by atoms with Gasteiger partial charge in [0.15, 0.2) is 9.84 Å². The monoisotopic (exact) mass is 272 g/mol. The Kier molecular flexibility index (Phi) is 3.80. The molecule has 2 unspecified atom stereocenters. The molecule has 0 radical (unpaired) electrons. The second-order valence-corrected chi connectivity index (χ2v) is 7.80. The topological polar surface area (TPSA) is 54.4 Å². The highest BCUT2D eigenvalue weighted by molar-refractivity contribution is 8.01. The minimum absolute atomic E-state index is 0.0849.